The lowest BCUT2D eigenvalue weighted by molar-refractivity contribution is -0.274. The molecule has 0 spiro atoms. The van der Waals surface area contributed by atoms with Crippen LogP contribution in [0, 0.1) is 6.92 Å². The lowest BCUT2D eigenvalue weighted by Crippen LogP contribution is -2.24. The number of rotatable bonds is 4. The fraction of sp³-hybridized carbons (Fsp3) is 0.214. The van der Waals surface area contributed by atoms with E-state index in [1.165, 1.54) is 18.2 Å². The Bertz CT molecular complexity index is 667. The number of anilines is 1. The molecule has 22 heavy (non-hydrogen) atoms. The maximum atomic E-state index is 12.3. The van der Waals surface area contributed by atoms with Gasteiger partial charge in [-0.3, -0.25) is 0 Å². The summed E-state index contributed by atoms with van der Waals surface area (Å²) < 4.78 is 40.9. The van der Waals surface area contributed by atoms with Gasteiger partial charge in [0.1, 0.15) is 0 Å². The lowest BCUT2D eigenvalue weighted by Gasteiger charge is -2.14. The molecule has 0 aliphatic carbocycles. The van der Waals surface area contributed by atoms with E-state index in [2.05, 4.69) is 15.0 Å². The first-order chi connectivity index (χ1) is 10.3. The summed E-state index contributed by atoms with van der Waals surface area (Å²) in [7, 11) is 0. The van der Waals surface area contributed by atoms with Crippen LogP contribution in [-0.2, 0) is 6.54 Å². The first-order valence-corrected chi connectivity index (χ1v) is 7.12. The minimum Gasteiger partial charge on any atom is -0.404 e. The van der Waals surface area contributed by atoms with Gasteiger partial charge in [-0.1, -0.05) is 12.1 Å². The highest BCUT2D eigenvalue weighted by molar-refractivity contribution is 7.11. The molecule has 0 aliphatic rings. The van der Waals surface area contributed by atoms with E-state index in [0.29, 0.717) is 6.54 Å². The minimum absolute atomic E-state index is 0.0178. The minimum atomic E-state index is -4.77. The number of aryl methyl sites for hydroxylation is 1. The van der Waals surface area contributed by atoms with Crippen LogP contribution in [0.2, 0.25) is 0 Å². The van der Waals surface area contributed by atoms with Gasteiger partial charge >= 0.3 is 6.36 Å². The molecule has 0 saturated heterocycles. The zero-order valence-corrected chi connectivity index (χ0v) is 12.5. The van der Waals surface area contributed by atoms with Crippen molar-refractivity contribution >= 4 is 23.0 Å². The van der Waals surface area contributed by atoms with Crippen molar-refractivity contribution in [3.05, 3.63) is 46.2 Å². The van der Waals surface area contributed by atoms with Crippen molar-refractivity contribution in [2.24, 2.45) is 10.7 Å². The zero-order chi connectivity index (χ0) is 16.2. The van der Waals surface area contributed by atoms with Crippen molar-refractivity contribution in [1.82, 2.24) is 0 Å². The van der Waals surface area contributed by atoms with Gasteiger partial charge in [0, 0.05) is 9.75 Å². The molecular formula is C14H14F3N3OS. The highest BCUT2D eigenvalue weighted by Crippen LogP contribution is 2.29. The van der Waals surface area contributed by atoms with Crippen molar-refractivity contribution in [2.45, 2.75) is 19.8 Å². The standard InChI is InChI=1S/C14H14F3N3OS/c1-9-6-7-10(22-9)8-19-13(18)20-11-4-2-3-5-12(11)21-14(15,16)17/h2-7H,8H2,1H3,(H3,18,19,20). The number of aliphatic imine (C=N–C) groups is 1. The van der Waals surface area contributed by atoms with Crippen molar-refractivity contribution in [3.63, 3.8) is 0 Å². The Morgan fingerprint density at radius 2 is 2.00 bits per heavy atom. The molecule has 1 heterocycles. The van der Waals surface area contributed by atoms with E-state index in [4.69, 9.17) is 5.73 Å². The number of nitrogens with zero attached hydrogens (tertiary/aromatic N) is 1. The second kappa shape index (κ2) is 6.69. The average molecular weight is 329 g/mol. The molecule has 4 nitrogen and oxygen atoms in total. The summed E-state index contributed by atoms with van der Waals surface area (Å²) in [4.78, 5) is 6.27. The molecule has 0 unspecified atom stereocenters. The van der Waals surface area contributed by atoms with Crippen LogP contribution < -0.4 is 15.8 Å². The summed E-state index contributed by atoms with van der Waals surface area (Å²) in [5.41, 5.74) is 5.80. The number of nitrogens with one attached hydrogen (secondary N) is 1. The maximum Gasteiger partial charge on any atom is 0.573 e. The number of ether oxygens (including phenoxy) is 1. The van der Waals surface area contributed by atoms with Gasteiger partial charge in [0.05, 0.1) is 12.2 Å². The zero-order valence-electron chi connectivity index (χ0n) is 11.6. The predicted molar refractivity (Wildman–Crippen MR) is 81.1 cm³/mol. The molecule has 2 rings (SSSR count). The van der Waals surface area contributed by atoms with E-state index in [-0.39, 0.29) is 17.4 Å². The number of para-hydroxylation sites is 2. The van der Waals surface area contributed by atoms with Gasteiger partial charge < -0.3 is 15.8 Å². The molecule has 1 aromatic carbocycles. The number of hydrogen-bond acceptors (Lipinski definition) is 3. The fourth-order valence-electron chi connectivity index (χ4n) is 1.69. The van der Waals surface area contributed by atoms with E-state index in [0.717, 1.165) is 9.75 Å². The summed E-state index contributed by atoms with van der Waals surface area (Å²) in [5, 5.41) is 2.62. The third-order valence-electron chi connectivity index (χ3n) is 2.58. The summed E-state index contributed by atoms with van der Waals surface area (Å²) in [6, 6.07) is 9.53. The molecule has 0 saturated carbocycles. The first-order valence-electron chi connectivity index (χ1n) is 6.30. The number of hydrogen-bond donors (Lipinski definition) is 2. The second-order valence-corrected chi connectivity index (χ2v) is 5.76. The van der Waals surface area contributed by atoms with E-state index >= 15 is 0 Å². The van der Waals surface area contributed by atoms with Gasteiger partial charge in [-0.2, -0.15) is 0 Å². The molecular weight excluding hydrogens is 315 g/mol. The Labute approximate surface area is 129 Å². The van der Waals surface area contributed by atoms with Crippen molar-refractivity contribution in [1.29, 1.82) is 0 Å². The van der Waals surface area contributed by atoms with Crippen LogP contribution >= 0.6 is 11.3 Å². The van der Waals surface area contributed by atoms with E-state index < -0.39 is 6.36 Å². The Balaban J connectivity index is 2.06. The number of halogens is 3. The third-order valence-corrected chi connectivity index (χ3v) is 3.56. The molecule has 0 bridgehead atoms. The van der Waals surface area contributed by atoms with Crippen molar-refractivity contribution < 1.29 is 17.9 Å². The highest BCUT2D eigenvalue weighted by atomic mass is 32.1. The van der Waals surface area contributed by atoms with Gasteiger partial charge in [0.15, 0.2) is 11.7 Å². The first kappa shape index (κ1) is 16.2. The Morgan fingerprint density at radius 1 is 1.27 bits per heavy atom. The van der Waals surface area contributed by atoms with E-state index in [1.54, 1.807) is 17.4 Å². The SMILES string of the molecule is Cc1ccc(CN=C(N)Nc2ccccc2OC(F)(F)F)s1. The molecule has 1 aromatic heterocycles. The monoisotopic (exact) mass is 329 g/mol. The molecule has 8 heteroatoms. The molecule has 2 aromatic rings. The van der Waals surface area contributed by atoms with E-state index in [1.807, 2.05) is 19.1 Å². The van der Waals surface area contributed by atoms with Gasteiger partial charge in [-0.05, 0) is 31.2 Å². The maximum absolute atomic E-state index is 12.3. The van der Waals surface area contributed by atoms with Gasteiger partial charge in [0.25, 0.3) is 0 Å². The number of alkyl halides is 3. The Morgan fingerprint density at radius 3 is 2.64 bits per heavy atom. The van der Waals surface area contributed by atoms with Crippen LogP contribution in [0.4, 0.5) is 18.9 Å². The summed E-state index contributed by atoms with van der Waals surface area (Å²) in [5.74, 6) is -0.343. The lowest BCUT2D eigenvalue weighted by atomic mass is 10.3. The molecule has 0 atom stereocenters. The fourth-order valence-corrected chi connectivity index (χ4v) is 2.51. The second-order valence-electron chi connectivity index (χ2n) is 4.38. The van der Waals surface area contributed by atoms with Gasteiger partial charge in [-0.25, -0.2) is 4.99 Å². The molecule has 0 amide bonds. The molecule has 0 radical (unpaired) electrons. The summed E-state index contributed by atoms with van der Waals surface area (Å²) >= 11 is 1.58. The summed E-state index contributed by atoms with van der Waals surface area (Å²) in [6.45, 7) is 2.34. The van der Waals surface area contributed by atoms with Crippen LogP contribution in [0.25, 0.3) is 0 Å². The molecule has 118 valence electrons. The average Bonchev–Trinajstić information content (AvgIpc) is 2.83. The van der Waals surface area contributed by atoms with Crippen molar-refractivity contribution in [2.75, 3.05) is 5.32 Å². The van der Waals surface area contributed by atoms with E-state index in [9.17, 15) is 13.2 Å². The van der Waals surface area contributed by atoms with Crippen LogP contribution in [0.3, 0.4) is 0 Å². The normalized spacial score (nSPS) is 12.3. The summed E-state index contributed by atoms with van der Waals surface area (Å²) in [6.07, 6.45) is -4.77. The van der Waals surface area contributed by atoms with Crippen LogP contribution in [0.15, 0.2) is 41.4 Å². The Kier molecular flexibility index (Phi) is 4.92. The number of nitrogens with two attached hydrogens (primary N) is 1. The molecule has 0 fully saturated rings. The van der Waals surface area contributed by atoms with Crippen LogP contribution in [-0.4, -0.2) is 12.3 Å². The Hall–Kier alpha value is -2.22. The van der Waals surface area contributed by atoms with Crippen molar-refractivity contribution in [3.8, 4) is 5.75 Å². The number of benzene rings is 1. The van der Waals surface area contributed by atoms with Crippen LogP contribution in [0.1, 0.15) is 9.75 Å². The topological polar surface area (TPSA) is 59.6 Å². The molecule has 3 N–H and O–H groups in total. The number of thiophene rings is 1. The smallest absolute Gasteiger partial charge is 0.404 e. The largest absolute Gasteiger partial charge is 0.573 e. The highest BCUT2D eigenvalue weighted by Gasteiger charge is 2.32. The van der Waals surface area contributed by atoms with Crippen LogP contribution in [0.5, 0.6) is 5.75 Å². The predicted octanol–water partition coefficient (Wildman–Crippen LogP) is 3.88. The number of guanidine groups is 1. The molecule has 0 aliphatic heterocycles. The van der Waals surface area contributed by atoms with Gasteiger partial charge in [0.2, 0.25) is 0 Å². The third kappa shape index (κ3) is 4.96. The quantitative estimate of drug-likeness (QED) is 0.661. The van der Waals surface area contributed by atoms with Gasteiger partial charge in [-0.15, -0.1) is 24.5 Å².